The van der Waals surface area contributed by atoms with Gasteiger partial charge in [0.05, 0.1) is 11.5 Å². The van der Waals surface area contributed by atoms with Gasteiger partial charge in [-0.1, -0.05) is 21.6 Å². The fourth-order valence-electron chi connectivity index (χ4n) is 2.48. The first-order valence-electron chi connectivity index (χ1n) is 7.73. The average molecular weight is 347 g/mol. The summed E-state index contributed by atoms with van der Waals surface area (Å²) in [5.74, 6) is 1.31. The number of hydrogen-bond donors (Lipinski definition) is 0. The SMILES string of the molecule is CN1CCN(C(=O)CSSCC(=O)N2CCN(C)CC2)CC1. The third-order valence-electron chi connectivity index (χ3n) is 4.16. The van der Waals surface area contributed by atoms with Gasteiger partial charge in [0.25, 0.3) is 0 Å². The van der Waals surface area contributed by atoms with Gasteiger partial charge in [-0.25, -0.2) is 0 Å². The number of likely N-dealkylation sites (N-methyl/N-ethyl adjacent to an activating group) is 2. The van der Waals surface area contributed by atoms with E-state index in [-0.39, 0.29) is 11.8 Å². The van der Waals surface area contributed by atoms with Gasteiger partial charge >= 0.3 is 0 Å². The summed E-state index contributed by atoms with van der Waals surface area (Å²) in [5, 5.41) is 0. The van der Waals surface area contributed by atoms with Crippen LogP contribution < -0.4 is 0 Å². The summed E-state index contributed by atoms with van der Waals surface area (Å²) in [6, 6.07) is 0. The van der Waals surface area contributed by atoms with E-state index >= 15 is 0 Å². The minimum atomic E-state index is 0.192. The minimum absolute atomic E-state index is 0.192. The van der Waals surface area contributed by atoms with E-state index in [1.165, 1.54) is 21.6 Å². The van der Waals surface area contributed by atoms with E-state index in [0.29, 0.717) is 11.5 Å². The molecule has 2 saturated heterocycles. The first-order valence-corrected chi connectivity index (χ1v) is 10.2. The van der Waals surface area contributed by atoms with Crippen molar-refractivity contribution >= 4 is 33.4 Å². The molecule has 0 N–H and O–H groups in total. The van der Waals surface area contributed by atoms with E-state index in [4.69, 9.17) is 0 Å². The Balaban J connectivity index is 1.56. The molecule has 0 atom stereocenters. The maximum absolute atomic E-state index is 12.1. The third-order valence-corrected chi connectivity index (χ3v) is 6.26. The smallest absolute Gasteiger partial charge is 0.233 e. The number of rotatable bonds is 5. The molecule has 126 valence electrons. The summed E-state index contributed by atoms with van der Waals surface area (Å²) in [6.45, 7) is 7.08. The second kappa shape index (κ2) is 9.00. The molecule has 0 spiro atoms. The van der Waals surface area contributed by atoms with Gasteiger partial charge in [-0.15, -0.1) is 0 Å². The lowest BCUT2D eigenvalue weighted by atomic mass is 10.3. The third kappa shape index (κ3) is 5.64. The Kier molecular flexibility index (Phi) is 7.33. The summed E-state index contributed by atoms with van der Waals surface area (Å²) in [5.41, 5.74) is 0. The van der Waals surface area contributed by atoms with E-state index in [1.807, 2.05) is 9.80 Å². The zero-order valence-corrected chi connectivity index (χ0v) is 15.1. The predicted molar refractivity (Wildman–Crippen MR) is 93.1 cm³/mol. The average Bonchev–Trinajstić information content (AvgIpc) is 2.52. The summed E-state index contributed by atoms with van der Waals surface area (Å²) in [4.78, 5) is 32.4. The van der Waals surface area contributed by atoms with Gasteiger partial charge in [0.15, 0.2) is 0 Å². The van der Waals surface area contributed by atoms with Crippen LogP contribution in [0, 0.1) is 0 Å². The van der Waals surface area contributed by atoms with Crippen molar-refractivity contribution in [2.45, 2.75) is 0 Å². The van der Waals surface area contributed by atoms with Gasteiger partial charge in [-0.2, -0.15) is 0 Å². The molecule has 8 heteroatoms. The Hall–Kier alpha value is -0.440. The molecule has 2 aliphatic heterocycles. The monoisotopic (exact) mass is 346 g/mol. The van der Waals surface area contributed by atoms with Crippen LogP contribution in [0.15, 0.2) is 0 Å². The highest BCUT2D eigenvalue weighted by Crippen LogP contribution is 2.22. The largest absolute Gasteiger partial charge is 0.339 e. The van der Waals surface area contributed by atoms with E-state index in [9.17, 15) is 9.59 Å². The molecule has 0 aliphatic carbocycles. The molecule has 2 amide bonds. The lowest BCUT2D eigenvalue weighted by molar-refractivity contribution is -0.130. The molecule has 0 aromatic carbocycles. The molecular formula is C14H26N4O2S2. The van der Waals surface area contributed by atoms with Crippen LogP contribution in [0.25, 0.3) is 0 Å². The first kappa shape index (κ1) is 17.9. The fraction of sp³-hybridized carbons (Fsp3) is 0.857. The van der Waals surface area contributed by atoms with Gasteiger partial charge in [-0.05, 0) is 14.1 Å². The molecule has 0 unspecified atom stereocenters. The maximum atomic E-state index is 12.1. The van der Waals surface area contributed by atoms with E-state index in [2.05, 4.69) is 23.9 Å². The van der Waals surface area contributed by atoms with Crippen molar-refractivity contribution in [1.29, 1.82) is 0 Å². The first-order chi connectivity index (χ1) is 10.6. The molecule has 0 aromatic heterocycles. The molecule has 2 rings (SSSR count). The van der Waals surface area contributed by atoms with E-state index < -0.39 is 0 Å². The molecule has 22 heavy (non-hydrogen) atoms. The van der Waals surface area contributed by atoms with Gasteiger partial charge in [0.1, 0.15) is 0 Å². The van der Waals surface area contributed by atoms with Crippen molar-refractivity contribution in [3.8, 4) is 0 Å². The molecule has 6 nitrogen and oxygen atoms in total. The summed E-state index contributed by atoms with van der Waals surface area (Å²) < 4.78 is 0. The Morgan fingerprint density at radius 1 is 0.682 bits per heavy atom. The van der Waals surface area contributed by atoms with Crippen molar-refractivity contribution in [1.82, 2.24) is 19.6 Å². The molecule has 2 fully saturated rings. The van der Waals surface area contributed by atoms with Crippen molar-refractivity contribution in [3.05, 3.63) is 0 Å². The van der Waals surface area contributed by atoms with Crippen LogP contribution in [0.4, 0.5) is 0 Å². The highest BCUT2D eigenvalue weighted by atomic mass is 33.1. The predicted octanol–water partition coefficient (Wildman–Crippen LogP) is -0.0842. The number of carbonyl (C=O) groups is 2. The van der Waals surface area contributed by atoms with Crippen LogP contribution in [0.3, 0.4) is 0 Å². The summed E-state index contributed by atoms with van der Waals surface area (Å²) in [6.07, 6.45) is 0. The van der Waals surface area contributed by atoms with Crippen LogP contribution in [0.1, 0.15) is 0 Å². The van der Waals surface area contributed by atoms with Gasteiger partial charge < -0.3 is 19.6 Å². The Morgan fingerprint density at radius 2 is 1.00 bits per heavy atom. The maximum Gasteiger partial charge on any atom is 0.233 e. The van der Waals surface area contributed by atoms with Crippen LogP contribution in [0.5, 0.6) is 0 Å². The van der Waals surface area contributed by atoms with Gasteiger partial charge in [-0.3, -0.25) is 9.59 Å². The van der Waals surface area contributed by atoms with Gasteiger partial charge in [0.2, 0.25) is 11.8 Å². The number of nitrogens with zero attached hydrogens (tertiary/aromatic N) is 4. The van der Waals surface area contributed by atoms with Crippen molar-refractivity contribution < 1.29 is 9.59 Å². The lowest BCUT2D eigenvalue weighted by Gasteiger charge is -2.32. The normalized spacial score (nSPS) is 21.2. The molecular weight excluding hydrogens is 320 g/mol. The van der Waals surface area contributed by atoms with E-state index in [0.717, 1.165) is 52.4 Å². The highest BCUT2D eigenvalue weighted by Gasteiger charge is 2.20. The number of amides is 2. The van der Waals surface area contributed by atoms with Crippen LogP contribution >= 0.6 is 21.6 Å². The highest BCUT2D eigenvalue weighted by molar-refractivity contribution is 8.77. The standard InChI is InChI=1S/C14H26N4O2S2/c1-15-3-7-17(8-4-15)13(19)11-21-22-12-14(20)18-9-5-16(2)6-10-18/h3-12H2,1-2H3. The van der Waals surface area contributed by atoms with Gasteiger partial charge in [0, 0.05) is 52.4 Å². The van der Waals surface area contributed by atoms with Crippen LogP contribution in [-0.2, 0) is 9.59 Å². The molecule has 2 heterocycles. The quantitative estimate of drug-likeness (QED) is 0.512. The topological polar surface area (TPSA) is 47.1 Å². The van der Waals surface area contributed by atoms with Crippen LogP contribution in [0.2, 0.25) is 0 Å². The molecule has 0 bridgehead atoms. The van der Waals surface area contributed by atoms with Crippen molar-refractivity contribution in [2.24, 2.45) is 0 Å². The summed E-state index contributed by atoms with van der Waals surface area (Å²) in [7, 11) is 7.16. The number of carbonyl (C=O) groups excluding carboxylic acids is 2. The minimum Gasteiger partial charge on any atom is -0.339 e. The number of piperazine rings is 2. The van der Waals surface area contributed by atoms with Crippen molar-refractivity contribution in [3.63, 3.8) is 0 Å². The number of hydrogen-bond acceptors (Lipinski definition) is 6. The molecule has 0 aromatic rings. The Bertz CT molecular complexity index is 345. The zero-order valence-electron chi connectivity index (χ0n) is 13.5. The molecule has 2 aliphatic rings. The molecule has 0 saturated carbocycles. The van der Waals surface area contributed by atoms with E-state index in [1.54, 1.807) is 0 Å². The molecule has 0 radical (unpaired) electrons. The van der Waals surface area contributed by atoms with Crippen molar-refractivity contribution in [2.75, 3.05) is 78.0 Å². The zero-order chi connectivity index (χ0) is 15.9. The van der Waals surface area contributed by atoms with Crippen LogP contribution in [-0.4, -0.2) is 109 Å². The summed E-state index contributed by atoms with van der Waals surface area (Å²) >= 11 is 0. The Labute approximate surface area is 140 Å². The lowest BCUT2D eigenvalue weighted by Crippen LogP contribution is -2.48. The fourth-order valence-corrected chi connectivity index (χ4v) is 4.32. The second-order valence-corrected chi connectivity index (χ2v) is 8.36. The Morgan fingerprint density at radius 3 is 1.32 bits per heavy atom. The second-order valence-electron chi connectivity index (χ2n) is 5.89.